The number of nitrogens with zero attached hydrogens (tertiary/aromatic N) is 2. The van der Waals surface area contributed by atoms with Crippen LogP contribution in [0.1, 0.15) is 20.8 Å². The van der Waals surface area contributed by atoms with E-state index in [-0.39, 0.29) is 37.0 Å². The first kappa shape index (κ1) is 50.4. The average molecular weight is 1000 g/mol. The highest BCUT2D eigenvalue weighted by Crippen LogP contribution is 2.50. The van der Waals surface area contributed by atoms with E-state index in [1.807, 2.05) is 83.8 Å². The number of aliphatic hydroxyl groups is 2. The van der Waals surface area contributed by atoms with Crippen molar-refractivity contribution in [2.45, 2.75) is 56.8 Å². The molecule has 0 bridgehead atoms. The smallest absolute Gasteiger partial charge is 0.453 e. The summed E-state index contributed by atoms with van der Waals surface area (Å²) >= 11 is 0. The number of anilines is 6. The number of nitrogens with one attached hydrogen (secondary N) is 1. The number of hydrogen-bond acceptors (Lipinski definition) is 14. The van der Waals surface area contributed by atoms with Gasteiger partial charge in [-0.25, -0.2) is 18.0 Å². The molecule has 12 rings (SSSR count). The monoisotopic (exact) mass is 1000 g/mol. The number of ether oxygens (including phenoxy) is 8. The predicted octanol–water partition coefficient (Wildman–Crippen LogP) is 11.8. The average Bonchev–Trinajstić information content (AvgIpc) is 3.38. The normalized spacial score (nSPS) is 20.6. The van der Waals surface area contributed by atoms with Crippen molar-refractivity contribution in [1.82, 2.24) is 0 Å². The lowest BCUT2D eigenvalue weighted by atomic mass is 9.99. The summed E-state index contributed by atoms with van der Waals surface area (Å²) in [6.07, 6.45) is 4.83. The van der Waals surface area contributed by atoms with Crippen LogP contribution in [0.4, 0.5) is 52.1 Å². The minimum atomic E-state index is -0.979. The molecule has 3 N–H and O–H groups in total. The Morgan fingerprint density at radius 3 is 1.71 bits per heavy atom. The second-order valence-electron chi connectivity index (χ2n) is 18.2. The van der Waals surface area contributed by atoms with Gasteiger partial charge in [-0.05, 0) is 99.6 Å². The van der Waals surface area contributed by atoms with Gasteiger partial charge in [-0.2, -0.15) is 0 Å². The van der Waals surface area contributed by atoms with Crippen molar-refractivity contribution in [2.75, 3.05) is 54.8 Å². The molecular formula is C56H54F3N3O11. The van der Waals surface area contributed by atoms with E-state index >= 15 is 0 Å². The number of carbonyl (C=O) groups excluding carboxylic acids is 1. The van der Waals surface area contributed by atoms with E-state index in [0.717, 1.165) is 39.9 Å². The van der Waals surface area contributed by atoms with E-state index in [0.29, 0.717) is 55.1 Å². The number of carbonyl (C=O) groups is 1. The van der Waals surface area contributed by atoms with Crippen LogP contribution in [0.15, 0.2) is 152 Å². The van der Waals surface area contributed by atoms with Gasteiger partial charge in [0.05, 0.1) is 85.8 Å². The van der Waals surface area contributed by atoms with E-state index in [4.69, 9.17) is 37.9 Å². The molecule has 1 fully saturated rings. The second-order valence-corrected chi connectivity index (χ2v) is 18.2. The van der Waals surface area contributed by atoms with Crippen molar-refractivity contribution in [3.8, 4) is 34.5 Å². The molecule has 380 valence electrons. The largest absolute Gasteiger partial charge is 0.509 e. The molecule has 6 heterocycles. The fourth-order valence-electron chi connectivity index (χ4n) is 8.50. The molecule has 0 aliphatic carbocycles. The molecule has 6 aromatic rings. The quantitative estimate of drug-likeness (QED) is 0.114. The van der Waals surface area contributed by atoms with Crippen molar-refractivity contribution in [3.05, 3.63) is 169 Å². The van der Waals surface area contributed by atoms with Crippen LogP contribution < -0.4 is 29.3 Å². The molecule has 6 aliphatic rings. The molecule has 0 saturated carbocycles. The van der Waals surface area contributed by atoms with Gasteiger partial charge in [-0.15, -0.1) is 0 Å². The zero-order valence-corrected chi connectivity index (χ0v) is 40.2. The molecule has 0 amide bonds. The van der Waals surface area contributed by atoms with Crippen LogP contribution in [0.2, 0.25) is 0 Å². The molecule has 6 aromatic carbocycles. The summed E-state index contributed by atoms with van der Waals surface area (Å²) in [5.41, 5.74) is 4.37. The number of para-hydroxylation sites is 6. The van der Waals surface area contributed by atoms with Gasteiger partial charge in [-0.1, -0.05) is 54.6 Å². The van der Waals surface area contributed by atoms with Crippen LogP contribution in [0.3, 0.4) is 0 Å². The lowest BCUT2D eigenvalue weighted by molar-refractivity contribution is -0.0964. The number of benzene rings is 6. The number of rotatable bonds is 3. The molecular weight excluding hydrogens is 948 g/mol. The summed E-state index contributed by atoms with van der Waals surface area (Å²) in [5.74, 6) is 2.45. The fraction of sp³-hybridized carbons (Fsp3) is 0.268. The highest BCUT2D eigenvalue weighted by atomic mass is 19.1. The third-order valence-electron chi connectivity index (χ3n) is 11.7. The van der Waals surface area contributed by atoms with Crippen molar-refractivity contribution < 1.29 is 66.1 Å². The number of halogens is 3. The maximum atomic E-state index is 13.6. The van der Waals surface area contributed by atoms with Gasteiger partial charge < -0.3 is 63.2 Å². The van der Waals surface area contributed by atoms with Crippen molar-refractivity contribution in [2.24, 2.45) is 0 Å². The van der Waals surface area contributed by atoms with Crippen molar-refractivity contribution in [3.63, 3.8) is 0 Å². The topological polar surface area (TPSA) is 150 Å². The van der Waals surface area contributed by atoms with Crippen LogP contribution in [-0.4, -0.2) is 92.0 Å². The summed E-state index contributed by atoms with van der Waals surface area (Å²) < 4.78 is 83.2. The number of hydrogen-bond donors (Lipinski definition) is 3. The highest BCUT2D eigenvalue weighted by Gasteiger charge is 2.40. The van der Waals surface area contributed by atoms with Gasteiger partial charge in [-0.3, -0.25) is 0 Å². The van der Waals surface area contributed by atoms with Crippen LogP contribution in [-0.2, 0) is 23.7 Å². The highest BCUT2D eigenvalue weighted by molar-refractivity contribution is 5.80. The summed E-state index contributed by atoms with van der Waals surface area (Å²) in [7, 11) is 0. The standard InChI is InChI=1S/C17H16FNO4.C17H14FNO2.C12H8FNO.C10H16O4/c18-10-5-6-12-16(7-10)23-15-4-2-1-3-11(15)19(12)13-8-22-9-14(20)17(13)21;18-12-7-8-15-17(10-12)21-16-6-2-1-5-14(16)19(15)13-4-3-9-20-11-13;13-8-5-6-10-12(7-8)15-11-4-2-1-3-9(11)14-10;1-10(2,3)14-9(11)13-8-5-4-6-12-7-8/h1-7,13-14,17,20-21H,8-9H2;1-8,10,13H,9,11H2;1-7,14H;4-5,8H,6-7H2,1-3H3/t13-,14-,17+;13-;;/m01../s1. The Labute approximate surface area is 420 Å². The Morgan fingerprint density at radius 1 is 0.575 bits per heavy atom. The summed E-state index contributed by atoms with van der Waals surface area (Å²) in [5, 5.41) is 23.5. The molecule has 17 heteroatoms. The molecule has 1 unspecified atom stereocenters. The molecule has 0 spiro atoms. The maximum absolute atomic E-state index is 13.6. The van der Waals surface area contributed by atoms with Gasteiger partial charge in [0.25, 0.3) is 0 Å². The Kier molecular flexibility index (Phi) is 15.5. The Balaban J connectivity index is 0.000000122. The lowest BCUT2D eigenvalue weighted by Crippen LogP contribution is -2.55. The SMILES string of the molecule is CC(C)(C)OC(=O)OC1C=CCOC1.Fc1ccc2c(c1)Oc1ccccc1N2.Fc1ccc2c(c1)Oc1ccccc1N2[C@@H]1C=CCOC1.O[C@H]1[C@@H](O)COC[C@@H]1N1c2ccccc2Oc2cc(F)ccc21. The minimum Gasteiger partial charge on any atom is -0.453 e. The lowest BCUT2D eigenvalue weighted by Gasteiger charge is -2.43. The van der Waals surface area contributed by atoms with Crippen LogP contribution >= 0.6 is 0 Å². The summed E-state index contributed by atoms with van der Waals surface area (Å²) in [6, 6.07) is 35.6. The van der Waals surface area contributed by atoms with Gasteiger partial charge in [0, 0.05) is 18.2 Å². The summed E-state index contributed by atoms with van der Waals surface area (Å²) in [4.78, 5) is 15.2. The van der Waals surface area contributed by atoms with E-state index in [9.17, 15) is 28.2 Å². The Bertz CT molecular complexity index is 2970. The predicted molar refractivity (Wildman–Crippen MR) is 268 cm³/mol. The third kappa shape index (κ3) is 12.2. The van der Waals surface area contributed by atoms with Crippen molar-refractivity contribution in [1.29, 1.82) is 0 Å². The number of aliphatic hydroxyl groups excluding tert-OH is 2. The van der Waals surface area contributed by atoms with E-state index < -0.39 is 35.8 Å². The molecule has 0 aromatic heterocycles. The van der Waals surface area contributed by atoms with Crippen molar-refractivity contribution >= 4 is 40.3 Å². The van der Waals surface area contributed by atoms with Gasteiger partial charge in [0.15, 0.2) is 34.5 Å². The first-order valence-electron chi connectivity index (χ1n) is 23.6. The second kappa shape index (κ2) is 22.5. The minimum absolute atomic E-state index is 0.0769. The Morgan fingerprint density at radius 2 is 1.10 bits per heavy atom. The van der Waals surface area contributed by atoms with Crippen LogP contribution in [0, 0.1) is 17.5 Å². The maximum Gasteiger partial charge on any atom is 0.509 e. The molecule has 1 saturated heterocycles. The zero-order valence-electron chi connectivity index (χ0n) is 40.2. The van der Waals surface area contributed by atoms with E-state index in [1.54, 1.807) is 51.1 Å². The number of fused-ring (bicyclic) bond motifs is 6. The van der Waals surface area contributed by atoms with Gasteiger partial charge in [0.1, 0.15) is 41.4 Å². The first-order valence-corrected chi connectivity index (χ1v) is 23.6. The Hall–Kier alpha value is -7.54. The zero-order chi connectivity index (χ0) is 51.1. The first-order chi connectivity index (χ1) is 35.3. The van der Waals surface area contributed by atoms with Crippen LogP contribution in [0.25, 0.3) is 0 Å². The molecule has 6 aliphatic heterocycles. The summed E-state index contributed by atoms with van der Waals surface area (Å²) in [6.45, 7) is 7.94. The van der Waals surface area contributed by atoms with Gasteiger partial charge >= 0.3 is 6.16 Å². The fourth-order valence-corrected chi connectivity index (χ4v) is 8.50. The van der Waals surface area contributed by atoms with E-state index in [2.05, 4.69) is 16.3 Å². The van der Waals surface area contributed by atoms with E-state index in [1.165, 1.54) is 36.4 Å². The van der Waals surface area contributed by atoms with Gasteiger partial charge in [0.2, 0.25) is 0 Å². The molecule has 5 atom stereocenters. The molecule has 73 heavy (non-hydrogen) atoms. The molecule has 0 radical (unpaired) electrons. The molecule has 14 nitrogen and oxygen atoms in total. The third-order valence-corrected chi connectivity index (χ3v) is 11.7. The van der Waals surface area contributed by atoms with Crippen LogP contribution in [0.5, 0.6) is 34.5 Å².